The van der Waals surface area contributed by atoms with Crippen LogP contribution in [0.5, 0.6) is 0 Å². The normalized spacial score (nSPS) is 12.6. The number of hydrogen-bond acceptors (Lipinski definition) is 7. The maximum atomic E-state index is 12.2. The third kappa shape index (κ3) is 16.5. The maximum absolute atomic E-state index is 12.2. The summed E-state index contributed by atoms with van der Waals surface area (Å²) >= 11 is 1.48. The molecule has 0 spiro atoms. The second-order valence-electron chi connectivity index (χ2n) is 8.45. The second-order valence-corrected chi connectivity index (χ2v) is 9.85. The summed E-state index contributed by atoms with van der Waals surface area (Å²) in [6, 6.07) is 0. The summed E-state index contributed by atoms with van der Waals surface area (Å²) in [5.41, 5.74) is -1.24. The van der Waals surface area contributed by atoms with Crippen molar-refractivity contribution in [2.45, 2.75) is 95.6 Å². The van der Waals surface area contributed by atoms with Crippen LogP contribution >= 0.6 is 11.8 Å². The van der Waals surface area contributed by atoms with Gasteiger partial charge in [-0.3, -0.25) is 9.59 Å². The fourth-order valence-corrected chi connectivity index (χ4v) is 4.40. The minimum Gasteiger partial charge on any atom is -0.481 e. The van der Waals surface area contributed by atoms with Crippen molar-refractivity contribution in [1.82, 2.24) is 0 Å². The van der Waals surface area contributed by atoms with Crippen LogP contribution in [0.25, 0.3) is 0 Å². The van der Waals surface area contributed by atoms with E-state index in [9.17, 15) is 24.9 Å². The highest BCUT2D eigenvalue weighted by Gasteiger charge is 2.30. The lowest BCUT2D eigenvalue weighted by molar-refractivity contribution is -0.151. The van der Waals surface area contributed by atoms with Crippen LogP contribution < -0.4 is 0 Å². The molecule has 0 bridgehead atoms. The summed E-state index contributed by atoms with van der Waals surface area (Å²) in [6.07, 6.45) is 13.3. The molecule has 0 heterocycles. The van der Waals surface area contributed by atoms with E-state index in [0.29, 0.717) is 5.75 Å². The minimum absolute atomic E-state index is 0.0207. The average Bonchev–Trinajstić information content (AvgIpc) is 2.76. The van der Waals surface area contributed by atoms with Crippen molar-refractivity contribution in [2.75, 3.05) is 32.2 Å². The Morgan fingerprint density at radius 3 is 1.87 bits per heavy atom. The molecule has 0 fully saturated rings. The Kier molecular flexibility index (Phi) is 19.3. The molecule has 1 atom stereocenters. The summed E-state index contributed by atoms with van der Waals surface area (Å²) in [6.45, 7) is 0.521. The SMILES string of the molecule is CCCCCCCCCCCCC(CC(=O)OCC(CO)(CO)CO)SCCC(=O)O. The summed E-state index contributed by atoms with van der Waals surface area (Å²) in [5.74, 6) is -0.871. The number of esters is 1. The van der Waals surface area contributed by atoms with Gasteiger partial charge in [0.25, 0.3) is 0 Å². The number of aliphatic carboxylic acids is 1. The van der Waals surface area contributed by atoms with E-state index in [1.807, 2.05) is 0 Å². The van der Waals surface area contributed by atoms with Gasteiger partial charge in [-0.25, -0.2) is 0 Å². The van der Waals surface area contributed by atoms with Gasteiger partial charge in [-0.15, -0.1) is 0 Å². The molecule has 0 aliphatic heterocycles. The van der Waals surface area contributed by atoms with Crippen molar-refractivity contribution >= 4 is 23.7 Å². The van der Waals surface area contributed by atoms with Gasteiger partial charge < -0.3 is 25.2 Å². The maximum Gasteiger partial charge on any atom is 0.306 e. The summed E-state index contributed by atoms with van der Waals surface area (Å²) in [7, 11) is 0. The third-order valence-corrected chi connectivity index (χ3v) is 6.80. The lowest BCUT2D eigenvalue weighted by Crippen LogP contribution is -2.39. The Labute approximate surface area is 192 Å². The van der Waals surface area contributed by atoms with Crippen molar-refractivity contribution < 1.29 is 34.8 Å². The van der Waals surface area contributed by atoms with Crippen LogP contribution in [0.3, 0.4) is 0 Å². The van der Waals surface area contributed by atoms with E-state index in [2.05, 4.69) is 6.92 Å². The Hall–Kier alpha value is -0.830. The van der Waals surface area contributed by atoms with Crippen LogP contribution in [-0.2, 0) is 14.3 Å². The Morgan fingerprint density at radius 1 is 0.871 bits per heavy atom. The lowest BCUT2D eigenvalue weighted by Gasteiger charge is -2.26. The molecule has 31 heavy (non-hydrogen) atoms. The van der Waals surface area contributed by atoms with Crippen molar-refractivity contribution in [1.29, 1.82) is 0 Å². The standard InChI is InChI=1S/C23H44O7S/c1-2-3-4-5-6-7-8-9-10-11-12-20(31-14-13-21(27)28)15-22(29)30-19-23(16-24,17-25)18-26/h20,24-26H,2-19H2,1H3,(H,27,28). The van der Waals surface area contributed by atoms with Crippen LogP contribution in [0, 0.1) is 5.41 Å². The molecule has 0 rings (SSSR count). The van der Waals surface area contributed by atoms with Crippen molar-refractivity contribution in [3.05, 3.63) is 0 Å². The lowest BCUT2D eigenvalue weighted by atomic mass is 9.93. The number of rotatable bonds is 22. The first kappa shape index (κ1) is 30.2. The Bertz CT molecular complexity index is 447. The number of ether oxygens (including phenoxy) is 1. The molecule has 0 saturated carbocycles. The van der Waals surface area contributed by atoms with Gasteiger partial charge in [0.15, 0.2) is 0 Å². The molecule has 0 aliphatic carbocycles. The molecule has 7 nitrogen and oxygen atoms in total. The van der Waals surface area contributed by atoms with Crippen LogP contribution in [0.15, 0.2) is 0 Å². The zero-order valence-electron chi connectivity index (χ0n) is 19.2. The highest BCUT2D eigenvalue weighted by molar-refractivity contribution is 7.99. The number of thioether (sulfide) groups is 1. The molecule has 4 N–H and O–H groups in total. The molecule has 0 aromatic rings. The van der Waals surface area contributed by atoms with Gasteiger partial charge in [0.1, 0.15) is 6.61 Å². The number of carboxylic acids is 1. The van der Waals surface area contributed by atoms with Gasteiger partial charge in [-0.05, 0) is 6.42 Å². The van der Waals surface area contributed by atoms with E-state index < -0.39 is 37.2 Å². The first-order valence-corrected chi connectivity index (χ1v) is 12.8. The summed E-state index contributed by atoms with van der Waals surface area (Å²) in [5, 5.41) is 36.8. The molecule has 1 unspecified atom stereocenters. The van der Waals surface area contributed by atoms with E-state index >= 15 is 0 Å². The molecule has 0 amide bonds. The van der Waals surface area contributed by atoms with Crippen LogP contribution in [0.2, 0.25) is 0 Å². The molecular formula is C23H44O7S. The van der Waals surface area contributed by atoms with E-state index in [1.54, 1.807) is 0 Å². The Balaban J connectivity index is 4.24. The van der Waals surface area contributed by atoms with Crippen molar-refractivity contribution in [3.8, 4) is 0 Å². The van der Waals surface area contributed by atoms with E-state index in [4.69, 9.17) is 9.84 Å². The monoisotopic (exact) mass is 464 g/mol. The summed E-state index contributed by atoms with van der Waals surface area (Å²) < 4.78 is 5.19. The first-order chi connectivity index (χ1) is 14.9. The smallest absolute Gasteiger partial charge is 0.306 e. The number of carbonyl (C=O) groups is 2. The number of aliphatic hydroxyl groups is 3. The quantitative estimate of drug-likeness (QED) is 0.141. The molecule has 0 aliphatic rings. The van der Waals surface area contributed by atoms with Gasteiger partial charge in [0.05, 0.1) is 38.1 Å². The van der Waals surface area contributed by atoms with Gasteiger partial charge in [0.2, 0.25) is 0 Å². The predicted molar refractivity (Wildman–Crippen MR) is 124 cm³/mol. The third-order valence-electron chi connectivity index (χ3n) is 5.49. The zero-order chi connectivity index (χ0) is 23.4. The van der Waals surface area contributed by atoms with Gasteiger partial charge in [-0.1, -0.05) is 71.1 Å². The van der Waals surface area contributed by atoms with Crippen LogP contribution in [0.1, 0.15) is 90.4 Å². The summed E-state index contributed by atoms with van der Waals surface area (Å²) in [4.78, 5) is 23.0. The second kappa shape index (κ2) is 19.8. The van der Waals surface area contributed by atoms with Gasteiger partial charge in [-0.2, -0.15) is 11.8 Å². The van der Waals surface area contributed by atoms with Crippen LogP contribution in [0.4, 0.5) is 0 Å². The fraction of sp³-hybridized carbons (Fsp3) is 0.913. The van der Waals surface area contributed by atoms with E-state index in [1.165, 1.54) is 63.1 Å². The molecule has 184 valence electrons. The predicted octanol–water partition coefficient (Wildman–Crippen LogP) is 3.77. The highest BCUT2D eigenvalue weighted by Crippen LogP contribution is 2.24. The Morgan fingerprint density at radius 2 is 1.39 bits per heavy atom. The molecule has 8 heteroatoms. The number of carboxylic acid groups (broad SMARTS) is 1. The topological polar surface area (TPSA) is 124 Å². The number of unbranched alkanes of at least 4 members (excludes halogenated alkanes) is 9. The highest BCUT2D eigenvalue weighted by atomic mass is 32.2. The first-order valence-electron chi connectivity index (χ1n) is 11.7. The van der Waals surface area contributed by atoms with Gasteiger partial charge in [0, 0.05) is 11.0 Å². The number of hydrogen-bond donors (Lipinski definition) is 4. The molecule has 0 radical (unpaired) electrons. The average molecular weight is 465 g/mol. The van der Waals surface area contributed by atoms with Gasteiger partial charge >= 0.3 is 11.9 Å². The molecule has 0 aromatic carbocycles. The molecule has 0 aromatic heterocycles. The molecular weight excluding hydrogens is 420 g/mol. The largest absolute Gasteiger partial charge is 0.481 e. The van der Waals surface area contributed by atoms with E-state index in [-0.39, 0.29) is 24.7 Å². The van der Waals surface area contributed by atoms with Crippen molar-refractivity contribution in [3.63, 3.8) is 0 Å². The molecule has 0 saturated heterocycles. The van der Waals surface area contributed by atoms with E-state index in [0.717, 1.165) is 19.3 Å². The van der Waals surface area contributed by atoms with Crippen LogP contribution in [-0.4, -0.2) is 69.8 Å². The zero-order valence-corrected chi connectivity index (χ0v) is 20.0. The number of aliphatic hydroxyl groups excluding tert-OH is 3. The minimum atomic E-state index is -1.24. The fourth-order valence-electron chi connectivity index (χ4n) is 3.18. The number of carbonyl (C=O) groups excluding carboxylic acids is 1. The van der Waals surface area contributed by atoms with Crippen molar-refractivity contribution in [2.24, 2.45) is 5.41 Å².